The largest absolute Gasteiger partial charge is 0.506 e. The van der Waals surface area contributed by atoms with Crippen molar-refractivity contribution in [2.45, 2.75) is 39.7 Å². The van der Waals surface area contributed by atoms with E-state index < -0.39 is 6.16 Å². The molecule has 0 bridgehead atoms. The fraction of sp³-hybridized carbons (Fsp3) is 0.917. The fourth-order valence-electron chi connectivity index (χ4n) is 4.08. The van der Waals surface area contributed by atoms with Gasteiger partial charge in [0, 0.05) is 11.3 Å². The van der Waals surface area contributed by atoms with Crippen molar-refractivity contribution in [3.8, 4) is 0 Å². The number of hydrogen-bond acceptors (Lipinski definition) is 2. The second-order valence-corrected chi connectivity index (χ2v) is 6.39. The smallest absolute Gasteiger partial charge is 0.450 e. The van der Waals surface area contributed by atoms with Crippen LogP contribution in [0, 0.1) is 28.6 Å². The molecule has 0 radical (unpaired) electrons. The van der Waals surface area contributed by atoms with Gasteiger partial charge >= 0.3 is 6.16 Å². The first-order valence-corrected chi connectivity index (χ1v) is 5.77. The molecule has 0 spiro atoms. The molecule has 15 heavy (non-hydrogen) atoms. The Labute approximate surface area is 89.8 Å². The maximum atomic E-state index is 10.5. The van der Waals surface area contributed by atoms with E-state index >= 15 is 0 Å². The van der Waals surface area contributed by atoms with Gasteiger partial charge in [0.2, 0.25) is 0 Å². The predicted molar refractivity (Wildman–Crippen MR) is 54.5 cm³/mol. The van der Waals surface area contributed by atoms with Gasteiger partial charge in [0.25, 0.3) is 0 Å². The summed E-state index contributed by atoms with van der Waals surface area (Å²) in [7, 11) is 0. The Bertz CT molecular complexity index is 336. The summed E-state index contributed by atoms with van der Waals surface area (Å²) < 4.78 is 4.96. The standard InChI is InChI=1S/C12H18O3/c1-11(2)6-4-7-9(15-10(13)14)12(7,3)5-8(6)11/h6-9H,4-5H2,1-3H3,(H,13,14)/t6-,7-,8+,9?,12+/m1/s1. The van der Waals surface area contributed by atoms with Crippen LogP contribution in [0.25, 0.3) is 0 Å². The molecule has 3 nitrogen and oxygen atoms in total. The molecule has 0 heterocycles. The lowest BCUT2D eigenvalue weighted by Crippen LogP contribution is -2.11. The van der Waals surface area contributed by atoms with Gasteiger partial charge in [0.15, 0.2) is 0 Å². The molecule has 3 rings (SSSR count). The summed E-state index contributed by atoms with van der Waals surface area (Å²) in [6, 6.07) is 0. The minimum Gasteiger partial charge on any atom is -0.450 e. The highest BCUT2D eigenvalue weighted by atomic mass is 16.7. The molecule has 3 aliphatic carbocycles. The van der Waals surface area contributed by atoms with E-state index in [4.69, 9.17) is 9.84 Å². The zero-order valence-corrected chi connectivity index (χ0v) is 9.49. The van der Waals surface area contributed by atoms with Crippen molar-refractivity contribution >= 4 is 6.16 Å². The van der Waals surface area contributed by atoms with Crippen molar-refractivity contribution in [2.24, 2.45) is 28.6 Å². The Morgan fingerprint density at radius 1 is 1.27 bits per heavy atom. The molecule has 0 amide bonds. The van der Waals surface area contributed by atoms with E-state index in [2.05, 4.69) is 20.8 Å². The first-order valence-electron chi connectivity index (χ1n) is 5.77. The topological polar surface area (TPSA) is 46.5 Å². The van der Waals surface area contributed by atoms with Crippen molar-refractivity contribution in [2.75, 3.05) is 0 Å². The van der Waals surface area contributed by atoms with Crippen molar-refractivity contribution in [3.63, 3.8) is 0 Å². The van der Waals surface area contributed by atoms with Crippen LogP contribution in [0.1, 0.15) is 33.6 Å². The van der Waals surface area contributed by atoms with E-state index in [0.29, 0.717) is 11.3 Å². The molecule has 0 aromatic carbocycles. The Morgan fingerprint density at radius 2 is 1.93 bits per heavy atom. The lowest BCUT2D eigenvalue weighted by Gasteiger charge is -2.14. The van der Waals surface area contributed by atoms with Gasteiger partial charge < -0.3 is 9.84 Å². The predicted octanol–water partition coefficient (Wildman–Crippen LogP) is 2.75. The van der Waals surface area contributed by atoms with E-state index in [0.717, 1.165) is 18.3 Å². The van der Waals surface area contributed by atoms with Crippen LogP contribution in [0.4, 0.5) is 4.79 Å². The Morgan fingerprint density at radius 3 is 2.47 bits per heavy atom. The highest BCUT2D eigenvalue weighted by Crippen LogP contribution is 2.77. The lowest BCUT2D eigenvalue weighted by molar-refractivity contribution is 0.0697. The zero-order valence-electron chi connectivity index (χ0n) is 9.49. The van der Waals surface area contributed by atoms with Crippen molar-refractivity contribution in [3.05, 3.63) is 0 Å². The van der Waals surface area contributed by atoms with Gasteiger partial charge in [-0.05, 0) is 30.1 Å². The average molecular weight is 210 g/mol. The van der Waals surface area contributed by atoms with Crippen molar-refractivity contribution in [1.29, 1.82) is 0 Å². The molecule has 5 atom stereocenters. The first-order chi connectivity index (χ1) is 6.87. The maximum absolute atomic E-state index is 10.5. The molecule has 3 fully saturated rings. The van der Waals surface area contributed by atoms with Crippen molar-refractivity contribution in [1.82, 2.24) is 0 Å². The van der Waals surface area contributed by atoms with Crippen LogP contribution in [-0.4, -0.2) is 17.4 Å². The van der Waals surface area contributed by atoms with E-state index in [1.165, 1.54) is 6.42 Å². The van der Waals surface area contributed by atoms with Gasteiger partial charge in [-0.2, -0.15) is 0 Å². The normalized spacial score (nSPS) is 53.8. The molecular weight excluding hydrogens is 192 g/mol. The molecule has 0 aromatic rings. The quantitative estimate of drug-likeness (QED) is 0.677. The molecule has 0 aliphatic heterocycles. The number of carbonyl (C=O) groups is 1. The monoisotopic (exact) mass is 210 g/mol. The molecular formula is C12H18O3. The lowest BCUT2D eigenvalue weighted by atomic mass is 9.90. The summed E-state index contributed by atoms with van der Waals surface area (Å²) >= 11 is 0. The number of rotatable bonds is 1. The molecule has 0 saturated heterocycles. The van der Waals surface area contributed by atoms with Gasteiger partial charge in [-0.3, -0.25) is 0 Å². The third kappa shape index (κ3) is 1.04. The number of hydrogen-bond donors (Lipinski definition) is 1. The van der Waals surface area contributed by atoms with Crippen LogP contribution < -0.4 is 0 Å². The zero-order chi connectivity index (χ0) is 11.0. The van der Waals surface area contributed by atoms with E-state index in [1.807, 2.05) is 0 Å². The van der Waals surface area contributed by atoms with Crippen LogP contribution in [-0.2, 0) is 4.74 Å². The third-order valence-corrected chi connectivity index (χ3v) is 5.44. The number of ether oxygens (including phenoxy) is 1. The third-order valence-electron chi connectivity index (χ3n) is 5.44. The first kappa shape index (κ1) is 9.49. The molecule has 84 valence electrons. The van der Waals surface area contributed by atoms with Gasteiger partial charge in [-0.1, -0.05) is 20.8 Å². The second kappa shape index (κ2) is 2.33. The van der Waals surface area contributed by atoms with Crippen molar-refractivity contribution < 1.29 is 14.6 Å². The minimum absolute atomic E-state index is 0.0152. The van der Waals surface area contributed by atoms with Gasteiger partial charge in [0.05, 0.1) is 0 Å². The van der Waals surface area contributed by atoms with Gasteiger partial charge in [0.1, 0.15) is 6.10 Å². The molecule has 1 unspecified atom stereocenters. The van der Waals surface area contributed by atoms with Crippen LogP contribution in [0.2, 0.25) is 0 Å². The van der Waals surface area contributed by atoms with E-state index in [1.54, 1.807) is 0 Å². The van der Waals surface area contributed by atoms with Crippen LogP contribution in [0.5, 0.6) is 0 Å². The highest BCUT2D eigenvalue weighted by Gasteiger charge is 2.75. The summed E-state index contributed by atoms with van der Waals surface area (Å²) in [4.78, 5) is 10.5. The number of carboxylic acid groups (broad SMARTS) is 1. The van der Waals surface area contributed by atoms with Crippen LogP contribution in [0.3, 0.4) is 0 Å². The van der Waals surface area contributed by atoms with Gasteiger partial charge in [-0.25, -0.2) is 4.79 Å². The van der Waals surface area contributed by atoms with Crippen LogP contribution in [0.15, 0.2) is 0 Å². The summed E-state index contributed by atoms with van der Waals surface area (Å²) in [5.41, 5.74) is 0.664. The fourth-order valence-corrected chi connectivity index (χ4v) is 4.08. The Balaban J connectivity index is 1.72. The Kier molecular flexibility index (Phi) is 1.48. The maximum Gasteiger partial charge on any atom is 0.506 e. The molecule has 1 N–H and O–H groups in total. The number of fused-ring (bicyclic) bond motifs is 2. The molecule has 0 aromatic heterocycles. The Hall–Kier alpha value is -0.730. The summed E-state index contributed by atoms with van der Waals surface area (Å²) in [5.74, 6) is 2.12. The van der Waals surface area contributed by atoms with Crippen LogP contribution >= 0.6 is 0 Å². The summed E-state index contributed by atoms with van der Waals surface area (Å²) in [5, 5.41) is 8.64. The van der Waals surface area contributed by atoms with Gasteiger partial charge in [-0.15, -0.1) is 0 Å². The minimum atomic E-state index is -1.11. The summed E-state index contributed by atoms with van der Waals surface area (Å²) in [6.45, 7) is 6.86. The SMILES string of the molecule is CC1(C)[C@@H]2C[C@@H]3C(OC(=O)O)[C@@]3(C)C[C@@H]21. The highest BCUT2D eigenvalue weighted by molar-refractivity contribution is 5.58. The summed E-state index contributed by atoms with van der Waals surface area (Å²) in [6.07, 6.45) is 1.21. The van der Waals surface area contributed by atoms with E-state index in [-0.39, 0.29) is 11.5 Å². The second-order valence-electron chi connectivity index (χ2n) is 6.39. The molecule has 3 saturated carbocycles. The average Bonchev–Trinajstić information content (AvgIpc) is 2.85. The van der Waals surface area contributed by atoms with E-state index in [9.17, 15) is 4.79 Å². The molecule has 3 heteroatoms. The molecule has 3 aliphatic rings.